The zero-order valence-electron chi connectivity index (χ0n) is 11.4. The zero-order chi connectivity index (χ0) is 14.7. The Morgan fingerprint density at radius 2 is 1.81 bits per heavy atom. The first-order valence-corrected chi connectivity index (χ1v) is 6.66. The van der Waals surface area contributed by atoms with Crippen LogP contribution in [0.5, 0.6) is 0 Å². The van der Waals surface area contributed by atoms with Gasteiger partial charge in [0.25, 0.3) is 0 Å². The Balaban J connectivity index is 1.84. The number of aromatic nitrogens is 2. The summed E-state index contributed by atoms with van der Waals surface area (Å²) in [4.78, 5) is 16.5. The number of nitrogens with zero attached hydrogens (tertiary/aromatic N) is 2. The molecule has 2 radical (unpaired) electrons. The minimum atomic E-state index is -0.472. The summed E-state index contributed by atoms with van der Waals surface area (Å²) in [6.07, 6.45) is 0.177. The molecule has 0 fully saturated rings. The summed E-state index contributed by atoms with van der Waals surface area (Å²) >= 11 is 0. The van der Waals surface area contributed by atoms with Gasteiger partial charge < -0.3 is 9.30 Å². The van der Waals surface area contributed by atoms with Gasteiger partial charge in [0.2, 0.25) is 5.82 Å². The molecule has 0 bridgehead atoms. The molecule has 0 spiro atoms. The molecule has 0 saturated heterocycles. The fourth-order valence-electron chi connectivity index (χ4n) is 2.20. The fraction of sp³-hybridized carbons (Fsp3) is 0.125. The van der Waals surface area contributed by atoms with Crippen molar-refractivity contribution in [3.63, 3.8) is 0 Å². The summed E-state index contributed by atoms with van der Waals surface area (Å²) < 4.78 is 6.96. The van der Waals surface area contributed by atoms with E-state index in [9.17, 15) is 4.79 Å². The minimum absolute atomic E-state index is 0.177. The molecule has 5 heteroatoms. The lowest BCUT2D eigenvalue weighted by Crippen LogP contribution is -2.13. The van der Waals surface area contributed by atoms with Crippen LogP contribution in [0.4, 0.5) is 0 Å². The van der Waals surface area contributed by atoms with E-state index in [0.717, 1.165) is 16.6 Å². The second kappa shape index (κ2) is 5.83. The van der Waals surface area contributed by atoms with E-state index in [1.165, 1.54) is 0 Å². The van der Waals surface area contributed by atoms with E-state index in [1.807, 2.05) is 54.6 Å². The van der Waals surface area contributed by atoms with Crippen LogP contribution in [0.3, 0.4) is 0 Å². The van der Waals surface area contributed by atoms with Gasteiger partial charge in [-0.15, -0.1) is 0 Å². The molecular formula is C16H13BN2O2. The van der Waals surface area contributed by atoms with Crippen LogP contribution >= 0.6 is 0 Å². The molecule has 1 heterocycles. The monoisotopic (exact) mass is 276 g/mol. The van der Waals surface area contributed by atoms with Gasteiger partial charge in [-0.1, -0.05) is 42.5 Å². The highest BCUT2D eigenvalue weighted by Gasteiger charge is 2.17. The number of carbonyl (C=O) groups is 1. The average Bonchev–Trinajstić information content (AvgIpc) is 2.92. The van der Waals surface area contributed by atoms with E-state index in [0.29, 0.717) is 0 Å². The Hall–Kier alpha value is -2.56. The van der Waals surface area contributed by atoms with Crippen molar-refractivity contribution < 1.29 is 9.53 Å². The van der Waals surface area contributed by atoms with Crippen molar-refractivity contribution in [3.05, 3.63) is 66.0 Å². The normalized spacial score (nSPS) is 10.7. The van der Waals surface area contributed by atoms with Gasteiger partial charge in [-0.2, -0.15) is 0 Å². The van der Waals surface area contributed by atoms with Crippen LogP contribution in [0.1, 0.15) is 16.2 Å². The summed E-state index contributed by atoms with van der Waals surface area (Å²) in [6.45, 7) is 0.216. The number of ether oxygens (including phenoxy) is 1. The predicted octanol–water partition coefficient (Wildman–Crippen LogP) is 2.52. The molecule has 2 aromatic carbocycles. The molecular weight excluding hydrogens is 263 g/mol. The van der Waals surface area contributed by atoms with Crippen molar-refractivity contribution in [2.45, 2.75) is 13.1 Å². The Bertz CT molecular complexity index is 768. The number of esters is 1. The van der Waals surface area contributed by atoms with Gasteiger partial charge >= 0.3 is 5.97 Å². The standard InChI is InChI=1S/C16H13BN2O2/c17-11-19-14-9-5-4-8-13(14)18-15(19)16(20)21-10-12-6-2-1-3-7-12/h1-9H,10-11H2. The van der Waals surface area contributed by atoms with Gasteiger partial charge in [0.15, 0.2) is 0 Å². The second-order valence-electron chi connectivity index (χ2n) is 4.60. The van der Waals surface area contributed by atoms with E-state index < -0.39 is 5.97 Å². The van der Waals surface area contributed by atoms with Crippen molar-refractivity contribution in [2.75, 3.05) is 0 Å². The Morgan fingerprint density at radius 3 is 2.57 bits per heavy atom. The maximum Gasteiger partial charge on any atom is 0.374 e. The van der Waals surface area contributed by atoms with Crippen LogP contribution in [-0.2, 0) is 17.8 Å². The van der Waals surface area contributed by atoms with Crippen molar-refractivity contribution in [1.29, 1.82) is 0 Å². The Morgan fingerprint density at radius 1 is 1.10 bits per heavy atom. The number of benzene rings is 2. The number of fused-ring (bicyclic) bond motifs is 1. The number of rotatable bonds is 4. The van der Waals surface area contributed by atoms with E-state index in [4.69, 9.17) is 12.6 Å². The number of hydrogen-bond acceptors (Lipinski definition) is 3. The number of para-hydroxylation sites is 2. The zero-order valence-corrected chi connectivity index (χ0v) is 11.4. The van der Waals surface area contributed by atoms with Gasteiger partial charge in [0, 0.05) is 0 Å². The smallest absolute Gasteiger partial charge is 0.374 e. The van der Waals surface area contributed by atoms with Crippen LogP contribution in [0.15, 0.2) is 54.6 Å². The summed E-state index contributed by atoms with van der Waals surface area (Å²) in [7, 11) is 5.72. The van der Waals surface area contributed by atoms with E-state index >= 15 is 0 Å². The third-order valence-electron chi connectivity index (χ3n) is 3.23. The maximum absolute atomic E-state index is 12.2. The van der Waals surface area contributed by atoms with Crippen molar-refractivity contribution in [3.8, 4) is 0 Å². The minimum Gasteiger partial charge on any atom is -0.455 e. The predicted molar refractivity (Wildman–Crippen MR) is 81.0 cm³/mol. The first kappa shape index (κ1) is 13.4. The molecule has 102 valence electrons. The molecule has 0 aliphatic carbocycles. The van der Waals surface area contributed by atoms with Crippen LogP contribution < -0.4 is 0 Å². The SMILES string of the molecule is [B]Cn1c(C(=O)OCc2ccccc2)nc2ccccc21. The van der Waals surface area contributed by atoms with Gasteiger partial charge in [-0.3, -0.25) is 0 Å². The van der Waals surface area contributed by atoms with Crippen LogP contribution in [-0.4, -0.2) is 23.4 Å². The number of carbonyl (C=O) groups excluding carboxylic acids is 1. The quantitative estimate of drug-likeness (QED) is 0.543. The number of hydrogen-bond donors (Lipinski definition) is 0. The van der Waals surface area contributed by atoms with Crippen LogP contribution in [0.25, 0.3) is 11.0 Å². The number of imidazole rings is 1. The van der Waals surface area contributed by atoms with Gasteiger partial charge in [-0.05, 0) is 24.1 Å². The highest BCUT2D eigenvalue weighted by molar-refractivity contribution is 6.07. The molecule has 0 aliphatic heterocycles. The summed E-state index contributed by atoms with van der Waals surface area (Å²) in [6, 6.07) is 17.0. The van der Waals surface area contributed by atoms with Crippen molar-refractivity contribution in [2.24, 2.45) is 0 Å². The summed E-state index contributed by atoms with van der Waals surface area (Å²) in [5.41, 5.74) is 2.49. The highest BCUT2D eigenvalue weighted by Crippen LogP contribution is 2.16. The lowest BCUT2D eigenvalue weighted by molar-refractivity contribution is 0.0454. The topological polar surface area (TPSA) is 44.1 Å². The van der Waals surface area contributed by atoms with E-state index in [2.05, 4.69) is 4.98 Å². The first-order valence-electron chi connectivity index (χ1n) is 6.66. The Kier molecular flexibility index (Phi) is 3.73. The molecule has 0 saturated carbocycles. The molecule has 0 N–H and O–H groups in total. The van der Waals surface area contributed by atoms with Gasteiger partial charge in [0.05, 0.1) is 18.9 Å². The molecule has 21 heavy (non-hydrogen) atoms. The van der Waals surface area contributed by atoms with Gasteiger partial charge in [0.1, 0.15) is 6.61 Å². The molecule has 4 nitrogen and oxygen atoms in total. The maximum atomic E-state index is 12.2. The first-order chi connectivity index (χ1) is 10.3. The lowest BCUT2D eigenvalue weighted by atomic mass is 10.1. The van der Waals surface area contributed by atoms with Gasteiger partial charge in [-0.25, -0.2) is 9.78 Å². The molecule has 3 aromatic rings. The Labute approximate surface area is 123 Å². The molecule has 0 aliphatic rings. The highest BCUT2D eigenvalue weighted by atomic mass is 16.5. The third kappa shape index (κ3) is 2.67. The molecule has 0 atom stereocenters. The largest absolute Gasteiger partial charge is 0.455 e. The molecule has 0 amide bonds. The van der Waals surface area contributed by atoms with Crippen LogP contribution in [0.2, 0.25) is 0 Å². The van der Waals surface area contributed by atoms with E-state index in [-0.39, 0.29) is 18.9 Å². The lowest BCUT2D eigenvalue weighted by Gasteiger charge is -2.07. The van der Waals surface area contributed by atoms with Crippen molar-refractivity contribution in [1.82, 2.24) is 9.55 Å². The molecule has 3 rings (SSSR count). The van der Waals surface area contributed by atoms with Crippen LogP contribution in [0, 0.1) is 0 Å². The molecule has 1 aromatic heterocycles. The third-order valence-corrected chi connectivity index (χ3v) is 3.23. The van der Waals surface area contributed by atoms with Crippen molar-refractivity contribution >= 4 is 24.8 Å². The summed E-state index contributed by atoms with van der Waals surface area (Å²) in [5.74, 6) is -0.241. The molecule has 0 unspecified atom stereocenters. The fourth-order valence-corrected chi connectivity index (χ4v) is 2.20. The van der Waals surface area contributed by atoms with E-state index in [1.54, 1.807) is 4.57 Å². The summed E-state index contributed by atoms with van der Waals surface area (Å²) in [5, 5.41) is 0. The average molecular weight is 276 g/mol. The second-order valence-corrected chi connectivity index (χ2v) is 4.60.